The number of amides is 1. The van der Waals surface area contributed by atoms with E-state index in [1.54, 1.807) is 0 Å². The molecule has 2 aromatic rings. The summed E-state index contributed by atoms with van der Waals surface area (Å²) in [6.07, 6.45) is 2.48. The fourth-order valence-electron chi connectivity index (χ4n) is 4.45. The average Bonchev–Trinajstić information content (AvgIpc) is 3.50. The Bertz CT molecular complexity index is 775. The summed E-state index contributed by atoms with van der Waals surface area (Å²) >= 11 is 0. The summed E-state index contributed by atoms with van der Waals surface area (Å²) in [5.74, 6) is 1.19. The van der Waals surface area contributed by atoms with Crippen molar-refractivity contribution in [1.29, 1.82) is 0 Å². The maximum atomic E-state index is 13.3. The summed E-state index contributed by atoms with van der Waals surface area (Å²) in [5.41, 5.74) is 8.90. The Kier molecular flexibility index (Phi) is 5.79. The van der Waals surface area contributed by atoms with Crippen LogP contribution in [0.25, 0.3) is 0 Å². The molecule has 148 valence electrons. The van der Waals surface area contributed by atoms with Crippen molar-refractivity contribution in [2.24, 2.45) is 11.7 Å². The van der Waals surface area contributed by atoms with E-state index in [0.29, 0.717) is 31.0 Å². The van der Waals surface area contributed by atoms with E-state index in [2.05, 4.69) is 53.1 Å². The van der Waals surface area contributed by atoms with E-state index in [1.165, 1.54) is 24.0 Å². The summed E-state index contributed by atoms with van der Waals surface area (Å²) in [7, 11) is 0. The Morgan fingerprint density at radius 1 is 1.07 bits per heavy atom. The summed E-state index contributed by atoms with van der Waals surface area (Å²) in [4.78, 5) is 17.6. The molecule has 4 nitrogen and oxygen atoms in total. The number of benzene rings is 2. The Hall–Kier alpha value is -2.17. The minimum atomic E-state index is 0.0821. The number of likely N-dealkylation sites (tertiary alicyclic amines) is 1. The summed E-state index contributed by atoms with van der Waals surface area (Å²) in [5, 5.41) is 0. The maximum absolute atomic E-state index is 13.3. The van der Waals surface area contributed by atoms with Gasteiger partial charge in [0.15, 0.2) is 0 Å². The molecule has 1 amide bonds. The van der Waals surface area contributed by atoms with Gasteiger partial charge in [-0.15, -0.1) is 0 Å². The number of nitrogens with zero attached hydrogens (tertiary/aromatic N) is 2. The quantitative estimate of drug-likeness (QED) is 0.806. The first-order valence-corrected chi connectivity index (χ1v) is 10.5. The van der Waals surface area contributed by atoms with Crippen molar-refractivity contribution in [2.45, 2.75) is 44.3 Å². The third-order valence-corrected chi connectivity index (χ3v) is 6.34. The lowest BCUT2D eigenvalue weighted by Gasteiger charge is -2.31. The molecule has 0 bridgehead atoms. The molecule has 0 spiro atoms. The minimum Gasteiger partial charge on any atom is -0.334 e. The molecule has 2 aromatic carbocycles. The molecule has 2 N–H and O–H groups in total. The SMILES string of the molecule is CC(C1CC1)N(Cc1ccccc1)C(=O)CN1C[C@@H](N)[C@H](c2ccccc2)C1. The molecule has 2 fully saturated rings. The number of carbonyl (C=O) groups excluding carboxylic acids is 1. The molecule has 28 heavy (non-hydrogen) atoms. The van der Waals surface area contributed by atoms with E-state index >= 15 is 0 Å². The lowest BCUT2D eigenvalue weighted by molar-refractivity contribution is -0.135. The third kappa shape index (κ3) is 4.45. The molecule has 2 aliphatic rings. The third-order valence-electron chi connectivity index (χ3n) is 6.34. The Balaban J connectivity index is 1.42. The van der Waals surface area contributed by atoms with Crippen LogP contribution in [-0.4, -0.2) is 47.4 Å². The molecule has 3 atom stereocenters. The normalized spacial score (nSPS) is 23.5. The van der Waals surface area contributed by atoms with Crippen molar-refractivity contribution in [3.63, 3.8) is 0 Å². The minimum absolute atomic E-state index is 0.0821. The van der Waals surface area contributed by atoms with Crippen LogP contribution < -0.4 is 5.73 Å². The zero-order valence-electron chi connectivity index (χ0n) is 16.7. The monoisotopic (exact) mass is 377 g/mol. The van der Waals surface area contributed by atoms with Gasteiger partial charge in [-0.05, 0) is 36.8 Å². The molecule has 1 unspecified atom stereocenters. The van der Waals surface area contributed by atoms with Gasteiger partial charge in [0.05, 0.1) is 6.54 Å². The molecule has 4 rings (SSSR count). The lowest BCUT2D eigenvalue weighted by Crippen LogP contribution is -2.45. The first-order valence-electron chi connectivity index (χ1n) is 10.5. The van der Waals surface area contributed by atoms with Gasteiger partial charge in [-0.1, -0.05) is 60.7 Å². The second-order valence-electron chi connectivity index (χ2n) is 8.46. The van der Waals surface area contributed by atoms with Crippen LogP contribution in [0.3, 0.4) is 0 Å². The highest BCUT2D eigenvalue weighted by molar-refractivity contribution is 5.78. The Morgan fingerprint density at radius 2 is 1.71 bits per heavy atom. The van der Waals surface area contributed by atoms with E-state index in [9.17, 15) is 4.79 Å². The fraction of sp³-hybridized carbons (Fsp3) is 0.458. The average molecular weight is 378 g/mol. The predicted molar refractivity (Wildman–Crippen MR) is 113 cm³/mol. The van der Waals surface area contributed by atoms with Crippen molar-refractivity contribution in [3.05, 3.63) is 71.8 Å². The van der Waals surface area contributed by atoms with Crippen LogP contribution >= 0.6 is 0 Å². The maximum Gasteiger partial charge on any atom is 0.237 e. The fourth-order valence-corrected chi connectivity index (χ4v) is 4.45. The van der Waals surface area contributed by atoms with E-state index < -0.39 is 0 Å². The van der Waals surface area contributed by atoms with Gasteiger partial charge < -0.3 is 10.6 Å². The van der Waals surface area contributed by atoms with Crippen molar-refractivity contribution in [2.75, 3.05) is 19.6 Å². The zero-order chi connectivity index (χ0) is 19.5. The van der Waals surface area contributed by atoms with Crippen molar-refractivity contribution in [1.82, 2.24) is 9.80 Å². The van der Waals surface area contributed by atoms with Crippen LogP contribution in [0.5, 0.6) is 0 Å². The van der Waals surface area contributed by atoms with Crippen molar-refractivity contribution >= 4 is 5.91 Å². The van der Waals surface area contributed by atoms with Gasteiger partial charge in [-0.2, -0.15) is 0 Å². The molecule has 0 aromatic heterocycles. The van der Waals surface area contributed by atoms with E-state index in [4.69, 9.17) is 5.73 Å². The summed E-state index contributed by atoms with van der Waals surface area (Å²) in [6.45, 7) is 5.00. The zero-order valence-corrected chi connectivity index (χ0v) is 16.7. The molecule has 4 heteroatoms. The molecule has 1 aliphatic carbocycles. The molecule has 1 saturated carbocycles. The Labute approximate surface area is 168 Å². The number of rotatable bonds is 7. The Morgan fingerprint density at radius 3 is 2.36 bits per heavy atom. The van der Waals surface area contributed by atoms with Gasteiger partial charge in [0.2, 0.25) is 5.91 Å². The molecule has 1 heterocycles. The lowest BCUT2D eigenvalue weighted by atomic mass is 9.95. The standard InChI is InChI=1S/C24H31N3O/c1-18(20-12-13-20)27(14-19-8-4-2-5-9-19)24(28)17-26-15-22(23(25)16-26)21-10-6-3-7-11-21/h2-11,18,20,22-23H,12-17,25H2,1H3/t18?,22-,23+/m0/s1. The highest BCUT2D eigenvalue weighted by Crippen LogP contribution is 2.36. The predicted octanol–water partition coefficient (Wildman–Crippen LogP) is 3.24. The van der Waals surface area contributed by atoms with Gasteiger partial charge in [0.25, 0.3) is 0 Å². The molecule has 0 radical (unpaired) electrons. The van der Waals surface area contributed by atoms with Gasteiger partial charge in [-0.3, -0.25) is 9.69 Å². The first-order chi connectivity index (χ1) is 13.6. The largest absolute Gasteiger partial charge is 0.334 e. The van der Waals surface area contributed by atoms with Crippen LogP contribution in [0.4, 0.5) is 0 Å². The topological polar surface area (TPSA) is 49.6 Å². The van der Waals surface area contributed by atoms with Crippen LogP contribution in [0.15, 0.2) is 60.7 Å². The molecule has 1 aliphatic heterocycles. The van der Waals surface area contributed by atoms with Gasteiger partial charge in [0.1, 0.15) is 0 Å². The highest BCUT2D eigenvalue weighted by Gasteiger charge is 2.37. The molecule has 1 saturated heterocycles. The second kappa shape index (κ2) is 8.46. The second-order valence-corrected chi connectivity index (χ2v) is 8.46. The smallest absolute Gasteiger partial charge is 0.237 e. The number of nitrogens with two attached hydrogens (primary N) is 1. The van der Waals surface area contributed by atoms with Crippen molar-refractivity contribution in [3.8, 4) is 0 Å². The number of carbonyl (C=O) groups is 1. The molecular weight excluding hydrogens is 346 g/mol. The van der Waals surface area contributed by atoms with Crippen LogP contribution in [-0.2, 0) is 11.3 Å². The van der Waals surface area contributed by atoms with Gasteiger partial charge in [0, 0.05) is 37.6 Å². The van der Waals surface area contributed by atoms with E-state index in [1.807, 2.05) is 24.3 Å². The van der Waals surface area contributed by atoms with Crippen LogP contribution in [0.1, 0.15) is 36.8 Å². The van der Waals surface area contributed by atoms with E-state index in [-0.39, 0.29) is 11.9 Å². The summed E-state index contributed by atoms with van der Waals surface area (Å²) < 4.78 is 0. The van der Waals surface area contributed by atoms with Gasteiger partial charge >= 0.3 is 0 Å². The van der Waals surface area contributed by atoms with Crippen LogP contribution in [0, 0.1) is 5.92 Å². The first kappa shape index (κ1) is 19.2. The highest BCUT2D eigenvalue weighted by atomic mass is 16.2. The molecular formula is C24H31N3O. The summed E-state index contributed by atoms with van der Waals surface area (Å²) in [6, 6.07) is 21.2. The van der Waals surface area contributed by atoms with Crippen molar-refractivity contribution < 1.29 is 4.79 Å². The number of hydrogen-bond donors (Lipinski definition) is 1. The van der Waals surface area contributed by atoms with Gasteiger partial charge in [-0.25, -0.2) is 0 Å². The number of hydrogen-bond acceptors (Lipinski definition) is 3. The van der Waals surface area contributed by atoms with E-state index in [0.717, 1.165) is 13.1 Å². The van der Waals surface area contributed by atoms with Crippen LogP contribution in [0.2, 0.25) is 0 Å².